The molecule has 2 fully saturated rings. The van der Waals surface area contributed by atoms with E-state index in [1.54, 1.807) is 34.4 Å². The van der Waals surface area contributed by atoms with Gasteiger partial charge in [0.2, 0.25) is 5.91 Å². The first-order valence-corrected chi connectivity index (χ1v) is 11.1. The summed E-state index contributed by atoms with van der Waals surface area (Å²) < 4.78 is 5.50. The number of amides is 3. The highest BCUT2D eigenvalue weighted by molar-refractivity contribution is 7.10. The summed E-state index contributed by atoms with van der Waals surface area (Å²) in [4.78, 5) is 39.8. The Morgan fingerprint density at radius 1 is 1.13 bits per heavy atom. The van der Waals surface area contributed by atoms with Gasteiger partial charge in [0.15, 0.2) is 0 Å². The summed E-state index contributed by atoms with van der Waals surface area (Å²) in [5.41, 5.74) is 1.03. The molecule has 0 radical (unpaired) electrons. The molecule has 3 amide bonds. The molecule has 2 aliphatic rings. The Morgan fingerprint density at radius 2 is 1.97 bits per heavy atom. The van der Waals surface area contributed by atoms with E-state index in [1.165, 1.54) is 4.88 Å². The minimum Gasteiger partial charge on any atom is -0.381 e. The molecule has 2 N–H and O–H groups in total. The van der Waals surface area contributed by atoms with E-state index in [2.05, 4.69) is 16.7 Å². The number of thiophene rings is 1. The van der Waals surface area contributed by atoms with Crippen molar-refractivity contribution in [3.05, 3.63) is 46.7 Å². The monoisotopic (exact) mass is 427 g/mol. The number of anilines is 2. The number of rotatable bonds is 5. The smallest absolute Gasteiger partial charge is 0.313 e. The lowest BCUT2D eigenvalue weighted by molar-refractivity contribution is -0.136. The van der Waals surface area contributed by atoms with Crippen LogP contribution in [0.15, 0.2) is 41.8 Å². The molecule has 30 heavy (non-hydrogen) atoms. The summed E-state index contributed by atoms with van der Waals surface area (Å²) in [6, 6.07) is 11.1. The lowest BCUT2D eigenvalue weighted by Crippen LogP contribution is -2.46. The fraction of sp³-hybridized carbons (Fsp3) is 0.409. The van der Waals surface area contributed by atoms with E-state index < -0.39 is 11.8 Å². The maximum Gasteiger partial charge on any atom is 0.313 e. The van der Waals surface area contributed by atoms with Crippen molar-refractivity contribution in [2.24, 2.45) is 0 Å². The summed E-state index contributed by atoms with van der Waals surface area (Å²) in [6.45, 7) is 2.35. The molecule has 8 heteroatoms. The number of nitrogens with one attached hydrogen (secondary N) is 2. The van der Waals surface area contributed by atoms with Crippen molar-refractivity contribution < 1.29 is 19.1 Å². The highest BCUT2D eigenvalue weighted by atomic mass is 32.1. The highest BCUT2D eigenvalue weighted by Gasteiger charge is 2.36. The summed E-state index contributed by atoms with van der Waals surface area (Å²) >= 11 is 1.67. The zero-order valence-corrected chi connectivity index (χ0v) is 17.5. The van der Waals surface area contributed by atoms with Crippen LogP contribution in [0.4, 0.5) is 11.4 Å². The average Bonchev–Trinajstić information content (AvgIpc) is 3.45. The van der Waals surface area contributed by atoms with Gasteiger partial charge in [0, 0.05) is 54.4 Å². The summed E-state index contributed by atoms with van der Waals surface area (Å²) in [5, 5.41) is 7.49. The number of carbonyl (C=O) groups excluding carboxylic acids is 3. The SMILES string of the molecule is O=C(NCC1(c2cccs2)CCOCC1)C(=O)Nc1cccc(N2CCCC2=O)c1. The topological polar surface area (TPSA) is 87.7 Å². The van der Waals surface area contributed by atoms with Crippen molar-refractivity contribution in [1.82, 2.24) is 5.32 Å². The lowest BCUT2D eigenvalue weighted by atomic mass is 9.78. The zero-order chi connectivity index (χ0) is 21.0. The van der Waals surface area contributed by atoms with Crippen molar-refractivity contribution >= 4 is 40.4 Å². The maximum absolute atomic E-state index is 12.5. The molecule has 4 rings (SSSR count). The fourth-order valence-corrected chi connectivity index (χ4v) is 5.03. The number of benzene rings is 1. The van der Waals surface area contributed by atoms with Crippen LogP contribution in [0.2, 0.25) is 0 Å². The van der Waals surface area contributed by atoms with Crippen LogP contribution in [0.3, 0.4) is 0 Å². The van der Waals surface area contributed by atoms with Crippen molar-refractivity contribution in [2.45, 2.75) is 31.1 Å². The van der Waals surface area contributed by atoms with Gasteiger partial charge in [-0.05, 0) is 48.9 Å². The predicted molar refractivity (Wildman–Crippen MR) is 116 cm³/mol. The molecule has 7 nitrogen and oxygen atoms in total. The molecule has 1 aromatic heterocycles. The van der Waals surface area contributed by atoms with Gasteiger partial charge in [0.25, 0.3) is 0 Å². The second-order valence-electron chi connectivity index (χ2n) is 7.71. The van der Waals surface area contributed by atoms with Crippen molar-refractivity contribution in [3.63, 3.8) is 0 Å². The Kier molecular flexibility index (Phi) is 6.15. The van der Waals surface area contributed by atoms with Gasteiger partial charge in [0.05, 0.1) is 0 Å². The normalized spacial score (nSPS) is 18.3. The quantitative estimate of drug-likeness (QED) is 0.718. The molecule has 3 heterocycles. The molecule has 0 aliphatic carbocycles. The molecule has 0 bridgehead atoms. The van der Waals surface area contributed by atoms with Crippen LogP contribution in [-0.2, 0) is 24.5 Å². The average molecular weight is 428 g/mol. The van der Waals surface area contributed by atoms with Gasteiger partial charge in [0.1, 0.15) is 0 Å². The van der Waals surface area contributed by atoms with Gasteiger partial charge in [-0.2, -0.15) is 0 Å². The molecular formula is C22H25N3O4S. The third kappa shape index (κ3) is 4.39. The zero-order valence-electron chi connectivity index (χ0n) is 16.7. The summed E-state index contributed by atoms with van der Waals surface area (Å²) in [7, 11) is 0. The minimum absolute atomic E-state index is 0.0755. The molecule has 0 saturated carbocycles. The number of hydrogen-bond acceptors (Lipinski definition) is 5. The van der Waals surface area contributed by atoms with Crippen molar-refractivity contribution in [2.75, 3.05) is 36.5 Å². The molecule has 0 spiro atoms. The van der Waals surface area contributed by atoms with E-state index >= 15 is 0 Å². The maximum atomic E-state index is 12.5. The molecule has 0 unspecified atom stereocenters. The first-order chi connectivity index (χ1) is 14.6. The molecule has 2 aromatic rings. The van der Waals surface area contributed by atoms with Gasteiger partial charge >= 0.3 is 11.8 Å². The van der Waals surface area contributed by atoms with E-state index in [1.807, 2.05) is 17.5 Å². The van der Waals surface area contributed by atoms with Crippen molar-refractivity contribution in [3.8, 4) is 0 Å². The predicted octanol–water partition coefficient (Wildman–Crippen LogP) is 2.68. The molecule has 1 aromatic carbocycles. The number of carbonyl (C=O) groups is 3. The molecule has 2 aliphatic heterocycles. The third-order valence-electron chi connectivity index (χ3n) is 5.78. The molecule has 2 saturated heterocycles. The highest BCUT2D eigenvalue weighted by Crippen LogP contribution is 2.37. The van der Waals surface area contributed by atoms with Gasteiger partial charge in [-0.1, -0.05) is 12.1 Å². The fourth-order valence-electron chi connectivity index (χ4n) is 4.04. The first-order valence-electron chi connectivity index (χ1n) is 10.2. The Bertz CT molecular complexity index is 922. The van der Waals surface area contributed by atoms with Crippen LogP contribution in [0.5, 0.6) is 0 Å². The minimum atomic E-state index is -0.715. The second kappa shape index (κ2) is 8.97. The summed E-state index contributed by atoms with van der Waals surface area (Å²) in [6.07, 6.45) is 2.98. The summed E-state index contributed by atoms with van der Waals surface area (Å²) in [5.74, 6) is -1.31. The van der Waals surface area contributed by atoms with Crippen LogP contribution < -0.4 is 15.5 Å². The third-order valence-corrected chi connectivity index (χ3v) is 6.89. The van der Waals surface area contributed by atoms with Crippen LogP contribution in [0.1, 0.15) is 30.6 Å². The molecule has 158 valence electrons. The van der Waals surface area contributed by atoms with Crippen molar-refractivity contribution in [1.29, 1.82) is 0 Å². The number of nitrogens with zero attached hydrogens (tertiary/aromatic N) is 1. The van der Waals surface area contributed by atoms with E-state index in [9.17, 15) is 14.4 Å². The van der Waals surface area contributed by atoms with E-state index in [-0.39, 0.29) is 11.3 Å². The van der Waals surface area contributed by atoms with Gasteiger partial charge in [-0.25, -0.2) is 0 Å². The first kappa shape index (κ1) is 20.6. The van der Waals surface area contributed by atoms with Gasteiger partial charge in [-0.15, -0.1) is 11.3 Å². The van der Waals surface area contributed by atoms with Crippen LogP contribution in [-0.4, -0.2) is 44.0 Å². The molecule has 0 atom stereocenters. The standard InChI is InChI=1S/C22H25N3O4S/c26-19-7-2-10-25(19)17-5-1-4-16(14-17)24-21(28)20(27)23-15-22(8-11-29-12-9-22)18-6-3-13-30-18/h1,3-6,13-14H,2,7-12,15H2,(H,23,27)(H,24,28). The van der Waals surface area contributed by atoms with Crippen LogP contribution >= 0.6 is 11.3 Å². The van der Waals surface area contributed by atoms with Crippen LogP contribution in [0.25, 0.3) is 0 Å². The Morgan fingerprint density at radius 3 is 2.67 bits per heavy atom. The van der Waals surface area contributed by atoms with Gasteiger partial charge < -0.3 is 20.3 Å². The largest absolute Gasteiger partial charge is 0.381 e. The Labute approximate surface area is 179 Å². The second-order valence-corrected chi connectivity index (χ2v) is 8.65. The van der Waals surface area contributed by atoms with E-state index in [4.69, 9.17) is 4.74 Å². The van der Waals surface area contributed by atoms with Crippen LogP contribution in [0, 0.1) is 0 Å². The lowest BCUT2D eigenvalue weighted by Gasteiger charge is -2.36. The van der Waals surface area contributed by atoms with Gasteiger partial charge in [-0.3, -0.25) is 14.4 Å². The Balaban J connectivity index is 1.38. The number of ether oxygens (including phenoxy) is 1. The number of hydrogen-bond donors (Lipinski definition) is 2. The van der Waals surface area contributed by atoms with E-state index in [0.717, 1.165) is 24.9 Å². The molecular weight excluding hydrogens is 402 g/mol. The van der Waals surface area contributed by atoms with E-state index in [0.29, 0.717) is 38.4 Å². The Hall–Kier alpha value is -2.71.